The minimum absolute atomic E-state index is 0.117. The first kappa shape index (κ1) is 14.2. The molecule has 0 aliphatic heterocycles. The average Bonchev–Trinajstić information content (AvgIpc) is 2.42. The van der Waals surface area contributed by atoms with Crippen molar-refractivity contribution in [3.8, 4) is 6.07 Å². The number of nitrogens with one attached hydrogen (secondary N) is 1. The van der Waals surface area contributed by atoms with Crippen LogP contribution in [0.15, 0.2) is 18.2 Å². The number of benzene rings is 1. The second kappa shape index (κ2) is 5.81. The molecule has 2 rings (SSSR count). The van der Waals surface area contributed by atoms with Gasteiger partial charge in [0, 0.05) is 6.54 Å². The first-order valence-electron chi connectivity index (χ1n) is 6.80. The number of rotatable bonds is 3. The SMILES string of the molecule is CC1CCCCC1(CN)Nc1cccc(Cl)c1C#N. The second-order valence-electron chi connectivity index (χ2n) is 5.41. The number of nitriles is 1. The Morgan fingerprint density at radius 3 is 2.95 bits per heavy atom. The molecular formula is C15H20ClN3. The van der Waals surface area contributed by atoms with Crippen LogP contribution in [0.2, 0.25) is 5.02 Å². The first-order chi connectivity index (χ1) is 9.13. The quantitative estimate of drug-likeness (QED) is 0.888. The van der Waals surface area contributed by atoms with Crippen LogP contribution in [0.3, 0.4) is 0 Å². The molecule has 0 bridgehead atoms. The topological polar surface area (TPSA) is 61.8 Å². The molecular weight excluding hydrogens is 258 g/mol. The highest BCUT2D eigenvalue weighted by atomic mass is 35.5. The maximum absolute atomic E-state index is 9.25. The first-order valence-corrected chi connectivity index (χ1v) is 7.17. The van der Waals surface area contributed by atoms with Crippen molar-refractivity contribution in [3.63, 3.8) is 0 Å². The van der Waals surface area contributed by atoms with Crippen molar-refractivity contribution < 1.29 is 0 Å². The Kier molecular flexibility index (Phi) is 4.34. The Balaban J connectivity index is 2.33. The second-order valence-corrected chi connectivity index (χ2v) is 5.81. The Morgan fingerprint density at radius 1 is 1.53 bits per heavy atom. The summed E-state index contributed by atoms with van der Waals surface area (Å²) >= 11 is 6.08. The highest BCUT2D eigenvalue weighted by Gasteiger charge is 2.37. The number of hydrogen-bond acceptors (Lipinski definition) is 3. The third kappa shape index (κ3) is 2.70. The fraction of sp³-hybridized carbons (Fsp3) is 0.533. The van der Waals surface area contributed by atoms with Gasteiger partial charge in [-0.1, -0.05) is 37.4 Å². The molecule has 1 saturated carbocycles. The standard InChI is InChI=1S/C15H20ClN3/c1-11-5-2-3-8-15(11,10-18)19-14-7-4-6-13(16)12(14)9-17/h4,6-7,11,19H,2-3,5,8,10,18H2,1H3. The highest BCUT2D eigenvalue weighted by Crippen LogP contribution is 2.37. The fourth-order valence-electron chi connectivity index (χ4n) is 2.96. The zero-order valence-electron chi connectivity index (χ0n) is 11.2. The van der Waals surface area contributed by atoms with Gasteiger partial charge in [0.15, 0.2) is 0 Å². The molecule has 4 heteroatoms. The predicted molar refractivity (Wildman–Crippen MR) is 79.2 cm³/mol. The Bertz CT molecular complexity index is 495. The highest BCUT2D eigenvalue weighted by molar-refractivity contribution is 6.32. The minimum Gasteiger partial charge on any atom is -0.377 e. The van der Waals surface area contributed by atoms with Crippen LogP contribution in [0, 0.1) is 17.2 Å². The van der Waals surface area contributed by atoms with E-state index in [1.165, 1.54) is 19.3 Å². The lowest BCUT2D eigenvalue weighted by atomic mass is 9.73. The molecule has 0 aromatic heterocycles. The molecule has 2 unspecified atom stereocenters. The summed E-state index contributed by atoms with van der Waals surface area (Å²) in [7, 11) is 0. The van der Waals surface area contributed by atoms with Gasteiger partial charge in [-0.15, -0.1) is 0 Å². The molecule has 0 radical (unpaired) electrons. The fourth-order valence-corrected chi connectivity index (χ4v) is 3.18. The largest absolute Gasteiger partial charge is 0.377 e. The van der Waals surface area contributed by atoms with Gasteiger partial charge < -0.3 is 11.1 Å². The lowest BCUT2D eigenvalue weighted by Gasteiger charge is -2.43. The van der Waals surface area contributed by atoms with Gasteiger partial charge in [0.25, 0.3) is 0 Å². The van der Waals surface area contributed by atoms with Crippen LogP contribution in [0.4, 0.5) is 5.69 Å². The summed E-state index contributed by atoms with van der Waals surface area (Å²) in [6, 6.07) is 7.69. The number of nitrogens with two attached hydrogens (primary N) is 1. The smallest absolute Gasteiger partial charge is 0.103 e. The zero-order valence-corrected chi connectivity index (χ0v) is 12.0. The predicted octanol–water partition coefficient (Wildman–Crippen LogP) is 3.53. The van der Waals surface area contributed by atoms with E-state index in [9.17, 15) is 5.26 Å². The summed E-state index contributed by atoms with van der Waals surface area (Å²) in [6.45, 7) is 2.81. The van der Waals surface area contributed by atoms with Crippen LogP contribution in [-0.2, 0) is 0 Å². The van der Waals surface area contributed by atoms with Crippen molar-refractivity contribution in [1.82, 2.24) is 0 Å². The van der Waals surface area contributed by atoms with Crippen molar-refractivity contribution in [3.05, 3.63) is 28.8 Å². The van der Waals surface area contributed by atoms with E-state index in [2.05, 4.69) is 18.3 Å². The van der Waals surface area contributed by atoms with Gasteiger partial charge in [-0.25, -0.2) is 0 Å². The van der Waals surface area contributed by atoms with E-state index >= 15 is 0 Å². The van der Waals surface area contributed by atoms with Crippen molar-refractivity contribution >= 4 is 17.3 Å². The maximum Gasteiger partial charge on any atom is 0.103 e. The van der Waals surface area contributed by atoms with E-state index in [-0.39, 0.29) is 5.54 Å². The third-order valence-electron chi connectivity index (χ3n) is 4.33. The normalized spacial score (nSPS) is 26.7. The number of anilines is 1. The van der Waals surface area contributed by atoms with Gasteiger partial charge in [-0.3, -0.25) is 0 Å². The summed E-state index contributed by atoms with van der Waals surface area (Å²) in [6.07, 6.45) is 4.65. The van der Waals surface area contributed by atoms with E-state index in [1.54, 1.807) is 6.07 Å². The summed E-state index contributed by atoms with van der Waals surface area (Å²) < 4.78 is 0. The summed E-state index contributed by atoms with van der Waals surface area (Å²) in [5, 5.41) is 13.3. The maximum atomic E-state index is 9.25. The van der Waals surface area contributed by atoms with Crippen LogP contribution < -0.4 is 11.1 Å². The van der Waals surface area contributed by atoms with Crippen LogP contribution in [0.25, 0.3) is 0 Å². The molecule has 0 spiro atoms. The van der Waals surface area contributed by atoms with Gasteiger partial charge in [0.1, 0.15) is 6.07 Å². The van der Waals surface area contributed by atoms with Gasteiger partial charge in [-0.05, 0) is 30.9 Å². The van der Waals surface area contributed by atoms with E-state index < -0.39 is 0 Å². The number of hydrogen-bond donors (Lipinski definition) is 2. The number of halogens is 1. The lowest BCUT2D eigenvalue weighted by molar-refractivity contribution is 0.235. The Morgan fingerprint density at radius 2 is 2.32 bits per heavy atom. The molecule has 0 heterocycles. The Labute approximate surface area is 119 Å². The molecule has 1 aromatic rings. The molecule has 1 fully saturated rings. The summed E-state index contributed by atoms with van der Waals surface area (Å²) in [5.74, 6) is 0.497. The molecule has 3 N–H and O–H groups in total. The molecule has 1 aliphatic rings. The summed E-state index contributed by atoms with van der Waals surface area (Å²) in [5.41, 5.74) is 7.22. The van der Waals surface area contributed by atoms with Crippen molar-refractivity contribution in [1.29, 1.82) is 5.26 Å². The van der Waals surface area contributed by atoms with Crippen LogP contribution >= 0.6 is 11.6 Å². The van der Waals surface area contributed by atoms with Crippen LogP contribution in [0.1, 0.15) is 38.2 Å². The van der Waals surface area contributed by atoms with Gasteiger partial charge >= 0.3 is 0 Å². The zero-order chi connectivity index (χ0) is 13.9. The molecule has 1 aliphatic carbocycles. The monoisotopic (exact) mass is 277 g/mol. The van der Waals surface area contributed by atoms with E-state index in [4.69, 9.17) is 17.3 Å². The molecule has 19 heavy (non-hydrogen) atoms. The lowest BCUT2D eigenvalue weighted by Crippen LogP contribution is -2.52. The summed E-state index contributed by atoms with van der Waals surface area (Å²) in [4.78, 5) is 0. The molecule has 2 atom stereocenters. The van der Waals surface area contributed by atoms with Crippen LogP contribution in [-0.4, -0.2) is 12.1 Å². The minimum atomic E-state index is -0.117. The van der Waals surface area contributed by atoms with E-state index in [1.807, 2.05) is 12.1 Å². The Hall–Kier alpha value is -1.24. The van der Waals surface area contributed by atoms with Gasteiger partial charge in [0.05, 0.1) is 21.8 Å². The van der Waals surface area contributed by atoms with Gasteiger partial charge in [-0.2, -0.15) is 5.26 Å². The van der Waals surface area contributed by atoms with Crippen LogP contribution in [0.5, 0.6) is 0 Å². The van der Waals surface area contributed by atoms with Crippen molar-refractivity contribution in [2.75, 3.05) is 11.9 Å². The molecule has 102 valence electrons. The van der Waals surface area contributed by atoms with E-state index in [0.717, 1.165) is 12.1 Å². The molecule has 0 amide bonds. The third-order valence-corrected chi connectivity index (χ3v) is 4.64. The average molecular weight is 278 g/mol. The number of nitrogens with zero attached hydrogens (tertiary/aromatic N) is 1. The van der Waals surface area contributed by atoms with Gasteiger partial charge in [0.2, 0.25) is 0 Å². The van der Waals surface area contributed by atoms with E-state index in [0.29, 0.717) is 23.0 Å². The molecule has 1 aromatic carbocycles. The molecule has 0 saturated heterocycles. The van der Waals surface area contributed by atoms with Crippen molar-refractivity contribution in [2.24, 2.45) is 11.7 Å². The van der Waals surface area contributed by atoms with Crippen molar-refractivity contribution in [2.45, 2.75) is 38.1 Å². The molecule has 3 nitrogen and oxygen atoms in total.